The summed E-state index contributed by atoms with van der Waals surface area (Å²) in [5.74, 6) is 2.24. The topological polar surface area (TPSA) is 25.2 Å². The highest BCUT2D eigenvalue weighted by Gasteiger charge is 2.39. The molecule has 3 aliphatic rings. The molecule has 2 aromatic rings. The molecule has 0 amide bonds. The third-order valence-electron chi connectivity index (χ3n) is 5.68. The highest BCUT2D eigenvalue weighted by molar-refractivity contribution is 5.77. The van der Waals surface area contributed by atoms with Gasteiger partial charge in [0.05, 0.1) is 0 Å². The van der Waals surface area contributed by atoms with Crippen LogP contribution in [0.4, 0.5) is 5.69 Å². The number of allylic oxidation sites excluding steroid dienone is 4. The maximum absolute atomic E-state index is 6.20. The van der Waals surface area contributed by atoms with Crippen LogP contribution >= 0.6 is 0 Å². The summed E-state index contributed by atoms with van der Waals surface area (Å²) >= 11 is 0. The first-order chi connectivity index (χ1) is 12.1. The van der Waals surface area contributed by atoms with Crippen molar-refractivity contribution >= 4 is 23.9 Å². The van der Waals surface area contributed by atoms with Crippen LogP contribution in [0.2, 0.25) is 0 Å². The lowest BCUT2D eigenvalue weighted by Crippen LogP contribution is -2.36. The highest BCUT2D eigenvalue weighted by atomic mass is 16.3. The summed E-state index contributed by atoms with van der Waals surface area (Å²) in [5, 5.41) is 3.65. The second-order valence-corrected chi connectivity index (χ2v) is 7.54. The molecule has 2 heterocycles. The van der Waals surface area contributed by atoms with E-state index >= 15 is 0 Å². The minimum Gasteiger partial charge on any atom is -0.456 e. The van der Waals surface area contributed by atoms with Crippen molar-refractivity contribution < 1.29 is 4.42 Å². The van der Waals surface area contributed by atoms with Crippen molar-refractivity contribution in [2.24, 2.45) is 5.92 Å². The summed E-state index contributed by atoms with van der Waals surface area (Å²) in [7, 11) is 0. The van der Waals surface area contributed by atoms with E-state index < -0.39 is 0 Å². The predicted octanol–water partition coefficient (Wildman–Crippen LogP) is 5.79. The van der Waals surface area contributed by atoms with Crippen molar-refractivity contribution in [1.29, 1.82) is 0 Å². The van der Waals surface area contributed by atoms with Crippen LogP contribution in [0.1, 0.15) is 42.1 Å². The molecular weight excluding hydrogens is 306 g/mol. The van der Waals surface area contributed by atoms with Gasteiger partial charge in [0.15, 0.2) is 0 Å². The fourth-order valence-corrected chi connectivity index (χ4v) is 4.31. The Morgan fingerprint density at radius 3 is 2.88 bits per heavy atom. The second kappa shape index (κ2) is 5.13. The van der Waals surface area contributed by atoms with Crippen molar-refractivity contribution in [1.82, 2.24) is 0 Å². The van der Waals surface area contributed by atoms with Gasteiger partial charge >= 0.3 is 0 Å². The summed E-state index contributed by atoms with van der Waals surface area (Å²) in [6.45, 7) is 4.66. The van der Waals surface area contributed by atoms with Gasteiger partial charge < -0.3 is 9.73 Å². The van der Waals surface area contributed by atoms with Crippen molar-refractivity contribution in [2.45, 2.75) is 25.7 Å². The van der Waals surface area contributed by atoms with Crippen LogP contribution in [-0.4, -0.2) is 0 Å². The number of fused-ring (bicyclic) bond motifs is 5. The molecule has 124 valence electrons. The van der Waals surface area contributed by atoms with Gasteiger partial charge in [0, 0.05) is 39.9 Å². The molecule has 1 aliphatic heterocycles. The van der Waals surface area contributed by atoms with E-state index in [-0.39, 0.29) is 5.41 Å². The highest BCUT2D eigenvalue weighted by Crippen LogP contribution is 2.47. The Kier molecular flexibility index (Phi) is 2.99. The van der Waals surface area contributed by atoms with Crippen molar-refractivity contribution in [3.63, 3.8) is 0 Å². The number of nitrogens with one attached hydrogen (secondary N) is 1. The number of anilines is 1. The summed E-state index contributed by atoms with van der Waals surface area (Å²) in [6.07, 6.45) is 16.1. The zero-order valence-corrected chi connectivity index (χ0v) is 14.5. The van der Waals surface area contributed by atoms with E-state index in [4.69, 9.17) is 4.42 Å². The van der Waals surface area contributed by atoms with Crippen molar-refractivity contribution in [3.8, 4) is 0 Å². The molecule has 1 unspecified atom stereocenters. The third kappa shape index (κ3) is 2.10. The number of hydrogen-bond acceptors (Lipinski definition) is 2. The van der Waals surface area contributed by atoms with E-state index in [0.29, 0.717) is 5.92 Å². The van der Waals surface area contributed by atoms with Crippen molar-refractivity contribution in [3.05, 3.63) is 82.5 Å². The van der Waals surface area contributed by atoms with Crippen LogP contribution in [0.3, 0.4) is 0 Å². The van der Waals surface area contributed by atoms with E-state index in [1.54, 1.807) is 0 Å². The van der Waals surface area contributed by atoms with Gasteiger partial charge in [-0.05, 0) is 24.1 Å². The SMILES string of the molecule is CC1(C)c2ccccc2NC2=Cc3oc4c(c3C=CC21)CC=CC=C4. The molecule has 0 radical (unpaired) electrons. The Bertz CT molecular complexity index is 982. The molecule has 0 spiro atoms. The van der Waals surface area contributed by atoms with E-state index in [2.05, 4.69) is 79.9 Å². The molecule has 0 fully saturated rings. The van der Waals surface area contributed by atoms with E-state index in [1.807, 2.05) is 6.08 Å². The minimum atomic E-state index is 0.0321. The lowest BCUT2D eigenvalue weighted by atomic mass is 9.69. The first-order valence-electron chi connectivity index (χ1n) is 8.90. The molecule has 2 heteroatoms. The Morgan fingerprint density at radius 1 is 1.08 bits per heavy atom. The molecule has 0 bridgehead atoms. The van der Waals surface area contributed by atoms with Gasteiger partial charge in [-0.2, -0.15) is 0 Å². The average Bonchev–Trinajstić information content (AvgIpc) is 2.76. The quantitative estimate of drug-likeness (QED) is 0.662. The van der Waals surface area contributed by atoms with Gasteiger partial charge in [0.2, 0.25) is 0 Å². The number of hydrogen-bond donors (Lipinski definition) is 1. The molecule has 2 nitrogen and oxygen atoms in total. The number of rotatable bonds is 0. The number of benzene rings is 1. The third-order valence-corrected chi connectivity index (χ3v) is 5.68. The van der Waals surface area contributed by atoms with Gasteiger partial charge in [0.1, 0.15) is 11.5 Å². The molecular formula is C23H21NO. The minimum absolute atomic E-state index is 0.0321. The molecule has 1 aromatic heterocycles. The lowest BCUT2D eigenvalue weighted by molar-refractivity contribution is 0.422. The fourth-order valence-electron chi connectivity index (χ4n) is 4.31. The molecule has 25 heavy (non-hydrogen) atoms. The van der Waals surface area contributed by atoms with Crippen LogP contribution in [0, 0.1) is 5.92 Å². The van der Waals surface area contributed by atoms with Crippen LogP contribution in [0.15, 0.2) is 58.7 Å². The first-order valence-corrected chi connectivity index (χ1v) is 8.90. The molecule has 1 N–H and O–H groups in total. The first kappa shape index (κ1) is 14.6. The summed E-state index contributed by atoms with van der Waals surface area (Å²) in [6, 6.07) is 8.61. The van der Waals surface area contributed by atoms with Crippen LogP contribution in [-0.2, 0) is 11.8 Å². The van der Waals surface area contributed by atoms with Gasteiger partial charge in [0.25, 0.3) is 0 Å². The fraction of sp³-hybridized carbons (Fsp3) is 0.217. The van der Waals surface area contributed by atoms with Crippen LogP contribution < -0.4 is 5.32 Å². The zero-order valence-electron chi connectivity index (χ0n) is 14.5. The second-order valence-electron chi connectivity index (χ2n) is 7.54. The molecule has 0 saturated carbocycles. The molecule has 0 saturated heterocycles. The number of furan rings is 1. The van der Waals surface area contributed by atoms with Gasteiger partial charge in [-0.3, -0.25) is 0 Å². The monoisotopic (exact) mass is 327 g/mol. The van der Waals surface area contributed by atoms with E-state index in [9.17, 15) is 0 Å². The predicted molar refractivity (Wildman–Crippen MR) is 104 cm³/mol. The maximum atomic E-state index is 6.20. The lowest BCUT2D eigenvalue weighted by Gasteiger charge is -2.41. The Labute approximate surface area is 148 Å². The van der Waals surface area contributed by atoms with Crippen LogP contribution in [0.5, 0.6) is 0 Å². The number of para-hydroxylation sites is 1. The molecule has 2 aliphatic carbocycles. The summed E-state index contributed by atoms with van der Waals surface area (Å²) in [5.41, 5.74) is 6.30. The van der Waals surface area contributed by atoms with Gasteiger partial charge in [-0.15, -0.1) is 0 Å². The smallest absolute Gasteiger partial charge is 0.136 e. The van der Waals surface area contributed by atoms with Gasteiger partial charge in [-0.1, -0.05) is 62.4 Å². The maximum Gasteiger partial charge on any atom is 0.136 e. The van der Waals surface area contributed by atoms with Crippen molar-refractivity contribution in [2.75, 3.05) is 5.32 Å². The average molecular weight is 327 g/mol. The molecule has 1 atom stereocenters. The molecule has 1 aromatic carbocycles. The van der Waals surface area contributed by atoms with Gasteiger partial charge in [-0.25, -0.2) is 0 Å². The Balaban J connectivity index is 1.68. The zero-order chi connectivity index (χ0) is 17.0. The summed E-state index contributed by atoms with van der Waals surface area (Å²) < 4.78 is 6.20. The summed E-state index contributed by atoms with van der Waals surface area (Å²) in [4.78, 5) is 0. The van der Waals surface area contributed by atoms with Crippen LogP contribution in [0.25, 0.3) is 18.2 Å². The van der Waals surface area contributed by atoms with E-state index in [0.717, 1.165) is 17.9 Å². The standard InChI is InChI=1S/C23H21NO/c1-23(2)17-9-6-7-10-19(17)24-20-14-22-16(12-13-18(20)23)15-8-4-3-5-11-21(15)25-22/h3-7,9-14,18,24H,8H2,1-2H3. The normalized spacial score (nSPS) is 21.8. The van der Waals surface area contributed by atoms with E-state index in [1.165, 1.54) is 28.1 Å². The Morgan fingerprint density at radius 2 is 1.96 bits per heavy atom. The molecule has 5 rings (SSSR count). The largest absolute Gasteiger partial charge is 0.456 e. The Hall–Kier alpha value is -2.74.